The maximum absolute atomic E-state index is 12.4. The van der Waals surface area contributed by atoms with Gasteiger partial charge in [-0.1, -0.05) is 33.3 Å². The van der Waals surface area contributed by atoms with Gasteiger partial charge in [0.15, 0.2) is 0 Å². The first-order valence-corrected chi connectivity index (χ1v) is 7.38. The molecule has 0 spiro atoms. The van der Waals surface area contributed by atoms with E-state index in [4.69, 9.17) is 4.74 Å². The minimum Gasteiger partial charge on any atom is -0.462 e. The van der Waals surface area contributed by atoms with Gasteiger partial charge in [-0.3, -0.25) is 4.79 Å². The second-order valence-corrected chi connectivity index (χ2v) is 5.38. The van der Waals surface area contributed by atoms with Gasteiger partial charge in [0, 0.05) is 17.1 Å². The van der Waals surface area contributed by atoms with Gasteiger partial charge in [-0.25, -0.2) is 4.79 Å². The summed E-state index contributed by atoms with van der Waals surface area (Å²) in [6.45, 7) is 6.40. The van der Waals surface area contributed by atoms with E-state index in [9.17, 15) is 9.59 Å². The van der Waals surface area contributed by atoms with Crippen molar-refractivity contribution in [3.8, 4) is 0 Å². The van der Waals surface area contributed by atoms with Crippen LogP contribution in [-0.4, -0.2) is 17.6 Å². The maximum Gasteiger partial charge on any atom is 0.343 e. The zero-order valence-corrected chi connectivity index (χ0v) is 12.7. The number of carbonyl (C=O) groups is 1. The number of aromatic nitrogens is 1. The lowest BCUT2D eigenvalue weighted by molar-refractivity contribution is 0.0445. The summed E-state index contributed by atoms with van der Waals surface area (Å²) in [5.74, 6) is -0.263. The Balaban J connectivity index is 2.34. The maximum atomic E-state index is 12.4. The molecular formula is C17H21NO3. The average molecular weight is 287 g/mol. The minimum atomic E-state index is -0.555. The van der Waals surface area contributed by atoms with Gasteiger partial charge in [-0.2, -0.15) is 0 Å². The van der Waals surface area contributed by atoms with E-state index < -0.39 is 5.97 Å². The Hall–Kier alpha value is -2.10. The number of fused-ring (bicyclic) bond motifs is 1. The number of aryl methyl sites for hydroxylation is 1. The number of rotatable bonds is 5. The van der Waals surface area contributed by atoms with E-state index in [0.29, 0.717) is 17.9 Å². The fraction of sp³-hybridized carbons (Fsp3) is 0.412. The van der Waals surface area contributed by atoms with Gasteiger partial charge >= 0.3 is 5.97 Å². The van der Waals surface area contributed by atoms with E-state index in [2.05, 4.69) is 4.98 Å². The van der Waals surface area contributed by atoms with Crippen molar-refractivity contribution >= 4 is 16.9 Å². The van der Waals surface area contributed by atoms with Crippen LogP contribution in [0, 0.1) is 5.92 Å². The SMILES string of the molecule is CCc1ccc2[nH]cc(C(=O)OCC(C)CC)c(=O)c2c1. The smallest absolute Gasteiger partial charge is 0.343 e. The molecule has 1 unspecified atom stereocenters. The molecule has 2 rings (SSSR count). The van der Waals surface area contributed by atoms with E-state index in [-0.39, 0.29) is 11.0 Å². The number of esters is 1. The van der Waals surface area contributed by atoms with Crippen molar-refractivity contribution in [3.63, 3.8) is 0 Å². The molecule has 4 nitrogen and oxygen atoms in total. The van der Waals surface area contributed by atoms with Crippen LogP contribution in [0.2, 0.25) is 0 Å². The molecule has 0 saturated heterocycles. The predicted octanol–water partition coefficient (Wildman–Crippen LogP) is 3.29. The largest absolute Gasteiger partial charge is 0.462 e. The van der Waals surface area contributed by atoms with Gasteiger partial charge in [0.1, 0.15) is 5.56 Å². The van der Waals surface area contributed by atoms with Gasteiger partial charge in [0.2, 0.25) is 5.43 Å². The number of ether oxygens (including phenoxy) is 1. The van der Waals surface area contributed by atoms with Gasteiger partial charge in [-0.15, -0.1) is 0 Å². The molecule has 1 heterocycles. The van der Waals surface area contributed by atoms with E-state index in [1.165, 1.54) is 6.20 Å². The second kappa shape index (κ2) is 6.57. The van der Waals surface area contributed by atoms with Crippen LogP contribution in [-0.2, 0) is 11.2 Å². The van der Waals surface area contributed by atoms with E-state index >= 15 is 0 Å². The summed E-state index contributed by atoms with van der Waals surface area (Å²) >= 11 is 0. The third kappa shape index (κ3) is 3.32. The average Bonchev–Trinajstić information content (AvgIpc) is 2.52. The van der Waals surface area contributed by atoms with Crippen molar-refractivity contribution in [2.24, 2.45) is 5.92 Å². The molecule has 0 saturated carbocycles. The molecule has 0 aliphatic carbocycles. The van der Waals surface area contributed by atoms with E-state index in [0.717, 1.165) is 23.9 Å². The molecule has 2 aromatic rings. The van der Waals surface area contributed by atoms with Crippen LogP contribution >= 0.6 is 0 Å². The number of hydrogen-bond acceptors (Lipinski definition) is 3. The molecule has 0 fully saturated rings. The second-order valence-electron chi connectivity index (χ2n) is 5.38. The molecule has 1 atom stereocenters. The Morgan fingerprint density at radius 2 is 2.10 bits per heavy atom. The predicted molar refractivity (Wildman–Crippen MR) is 83.7 cm³/mol. The summed E-state index contributed by atoms with van der Waals surface area (Å²) in [6.07, 6.45) is 3.22. The van der Waals surface area contributed by atoms with Crippen LogP contribution in [0.15, 0.2) is 29.2 Å². The zero-order chi connectivity index (χ0) is 15.4. The lowest BCUT2D eigenvalue weighted by Crippen LogP contribution is -2.20. The Morgan fingerprint density at radius 3 is 2.76 bits per heavy atom. The summed E-state index contributed by atoms with van der Waals surface area (Å²) in [4.78, 5) is 27.5. The summed E-state index contributed by atoms with van der Waals surface area (Å²) in [5.41, 5.74) is 1.60. The molecule has 112 valence electrons. The molecule has 0 radical (unpaired) electrons. The van der Waals surface area contributed by atoms with Crippen molar-refractivity contribution < 1.29 is 9.53 Å². The van der Waals surface area contributed by atoms with Crippen molar-refractivity contribution in [2.75, 3.05) is 6.61 Å². The van der Waals surface area contributed by atoms with Gasteiger partial charge < -0.3 is 9.72 Å². The number of nitrogens with one attached hydrogen (secondary N) is 1. The van der Waals surface area contributed by atoms with Crippen LogP contribution in [0.4, 0.5) is 0 Å². The number of hydrogen-bond donors (Lipinski definition) is 1. The highest BCUT2D eigenvalue weighted by Gasteiger charge is 2.15. The van der Waals surface area contributed by atoms with Gasteiger partial charge in [0.25, 0.3) is 0 Å². The minimum absolute atomic E-state index is 0.0686. The Morgan fingerprint density at radius 1 is 1.33 bits per heavy atom. The summed E-state index contributed by atoms with van der Waals surface area (Å²) in [6, 6.07) is 5.67. The third-order valence-electron chi connectivity index (χ3n) is 3.77. The first-order valence-electron chi connectivity index (χ1n) is 7.38. The third-order valence-corrected chi connectivity index (χ3v) is 3.77. The van der Waals surface area contributed by atoms with Gasteiger partial charge in [-0.05, 0) is 30.0 Å². The number of carbonyl (C=O) groups excluding carboxylic acids is 1. The molecule has 21 heavy (non-hydrogen) atoms. The lowest BCUT2D eigenvalue weighted by atomic mass is 10.1. The highest BCUT2D eigenvalue weighted by atomic mass is 16.5. The highest BCUT2D eigenvalue weighted by molar-refractivity contribution is 5.93. The zero-order valence-electron chi connectivity index (χ0n) is 12.7. The summed E-state index contributed by atoms with van der Waals surface area (Å²) in [5, 5.41) is 0.535. The molecule has 1 aromatic carbocycles. The number of benzene rings is 1. The fourth-order valence-electron chi connectivity index (χ4n) is 2.05. The summed E-state index contributed by atoms with van der Waals surface area (Å²) < 4.78 is 5.21. The fourth-order valence-corrected chi connectivity index (χ4v) is 2.05. The van der Waals surface area contributed by atoms with Crippen molar-refractivity contribution in [2.45, 2.75) is 33.6 Å². The molecule has 4 heteroatoms. The first-order chi connectivity index (χ1) is 10.1. The highest BCUT2D eigenvalue weighted by Crippen LogP contribution is 2.12. The monoisotopic (exact) mass is 287 g/mol. The van der Waals surface area contributed by atoms with E-state index in [1.54, 1.807) is 0 Å². The Labute approximate surface area is 124 Å². The Bertz CT molecular complexity index is 703. The van der Waals surface area contributed by atoms with Crippen LogP contribution in [0.1, 0.15) is 43.1 Å². The first kappa shape index (κ1) is 15.3. The van der Waals surface area contributed by atoms with Gasteiger partial charge in [0.05, 0.1) is 6.61 Å². The van der Waals surface area contributed by atoms with Crippen LogP contribution in [0.5, 0.6) is 0 Å². The molecule has 0 aliphatic rings. The molecule has 0 aliphatic heterocycles. The van der Waals surface area contributed by atoms with Crippen molar-refractivity contribution in [1.82, 2.24) is 4.98 Å². The van der Waals surface area contributed by atoms with Crippen molar-refractivity contribution in [3.05, 3.63) is 45.7 Å². The molecule has 1 N–H and O–H groups in total. The quantitative estimate of drug-likeness (QED) is 0.858. The number of H-pyrrole nitrogens is 1. The molecular weight excluding hydrogens is 266 g/mol. The van der Waals surface area contributed by atoms with Crippen LogP contribution < -0.4 is 5.43 Å². The molecule has 0 amide bonds. The normalized spacial score (nSPS) is 12.3. The molecule has 0 bridgehead atoms. The lowest BCUT2D eigenvalue weighted by Gasteiger charge is -2.09. The Kier molecular flexibility index (Phi) is 4.78. The van der Waals surface area contributed by atoms with Crippen molar-refractivity contribution in [1.29, 1.82) is 0 Å². The van der Waals surface area contributed by atoms with E-state index in [1.807, 2.05) is 39.0 Å². The topological polar surface area (TPSA) is 59.2 Å². The van der Waals surface area contributed by atoms with Crippen LogP contribution in [0.3, 0.4) is 0 Å². The number of pyridine rings is 1. The standard InChI is InChI=1S/C17H21NO3/c1-4-11(3)10-21-17(20)14-9-18-15-7-6-12(5-2)8-13(15)16(14)19/h6-9,11H,4-5,10H2,1-3H3,(H,18,19). The van der Waals surface area contributed by atoms with Crippen LogP contribution in [0.25, 0.3) is 10.9 Å². The molecule has 1 aromatic heterocycles. The number of aromatic amines is 1. The summed E-state index contributed by atoms with van der Waals surface area (Å²) in [7, 11) is 0.